The number of hydrogen-bond donors (Lipinski definition) is 0. The van der Waals surface area contributed by atoms with Gasteiger partial charge in [0.05, 0.1) is 12.0 Å². The lowest BCUT2D eigenvalue weighted by Gasteiger charge is -2.47. The van der Waals surface area contributed by atoms with Crippen molar-refractivity contribution in [3.63, 3.8) is 0 Å². The lowest BCUT2D eigenvalue weighted by molar-refractivity contribution is -0.143. The summed E-state index contributed by atoms with van der Waals surface area (Å²) in [6.07, 6.45) is 5.77. The summed E-state index contributed by atoms with van der Waals surface area (Å²) < 4.78 is 5.48. The van der Waals surface area contributed by atoms with Crippen LogP contribution in [-0.4, -0.2) is 18.4 Å². The second-order valence-corrected chi connectivity index (χ2v) is 11.5. The van der Waals surface area contributed by atoms with Gasteiger partial charge in [-0.2, -0.15) is 0 Å². The number of benzene rings is 2. The van der Waals surface area contributed by atoms with E-state index in [4.69, 9.17) is 27.9 Å². The fourth-order valence-corrected chi connectivity index (χ4v) is 5.88. The summed E-state index contributed by atoms with van der Waals surface area (Å²) >= 11 is 12.3. The highest BCUT2D eigenvalue weighted by molar-refractivity contribution is 6.30. The maximum absolute atomic E-state index is 14.5. The van der Waals surface area contributed by atoms with Crippen molar-refractivity contribution in [1.29, 1.82) is 0 Å². The molecular formula is C30H32Cl2O3. The zero-order valence-corrected chi connectivity index (χ0v) is 22.2. The van der Waals surface area contributed by atoms with E-state index in [0.29, 0.717) is 34.9 Å². The van der Waals surface area contributed by atoms with Crippen molar-refractivity contribution in [3.05, 3.63) is 86.9 Å². The zero-order chi connectivity index (χ0) is 25.4. The monoisotopic (exact) mass is 510 g/mol. The van der Waals surface area contributed by atoms with Crippen LogP contribution < -0.4 is 0 Å². The zero-order valence-electron chi connectivity index (χ0n) is 20.7. The lowest BCUT2D eigenvalue weighted by Crippen LogP contribution is -2.47. The van der Waals surface area contributed by atoms with Crippen molar-refractivity contribution in [2.45, 2.75) is 52.9 Å². The first kappa shape index (κ1) is 25.7. The number of carbonyl (C=O) groups is 2. The van der Waals surface area contributed by atoms with Crippen LogP contribution in [0.25, 0.3) is 6.08 Å². The van der Waals surface area contributed by atoms with Crippen molar-refractivity contribution < 1.29 is 14.3 Å². The molecule has 2 aliphatic carbocycles. The highest BCUT2D eigenvalue weighted by Crippen LogP contribution is 2.60. The van der Waals surface area contributed by atoms with Gasteiger partial charge in [-0.25, -0.2) is 4.79 Å². The van der Waals surface area contributed by atoms with Gasteiger partial charge in [0.2, 0.25) is 0 Å². The van der Waals surface area contributed by atoms with Crippen molar-refractivity contribution in [3.8, 4) is 0 Å². The molecule has 0 bridgehead atoms. The average molecular weight is 511 g/mol. The largest absolute Gasteiger partial charge is 0.463 e. The summed E-state index contributed by atoms with van der Waals surface area (Å²) in [5.74, 6) is -0.336. The molecule has 0 heterocycles. The molecule has 1 saturated carbocycles. The second-order valence-electron chi connectivity index (χ2n) is 10.7. The number of ketones is 1. The Morgan fingerprint density at radius 3 is 2.23 bits per heavy atom. The van der Waals surface area contributed by atoms with E-state index in [1.165, 1.54) is 0 Å². The first-order chi connectivity index (χ1) is 16.6. The molecule has 5 heteroatoms. The van der Waals surface area contributed by atoms with E-state index in [1.54, 1.807) is 6.92 Å². The molecule has 184 valence electrons. The van der Waals surface area contributed by atoms with E-state index in [2.05, 4.69) is 20.8 Å². The predicted molar refractivity (Wildman–Crippen MR) is 143 cm³/mol. The Bertz CT molecular complexity index is 1170. The van der Waals surface area contributed by atoms with E-state index in [-0.39, 0.29) is 29.6 Å². The maximum Gasteiger partial charge on any atom is 0.334 e. The topological polar surface area (TPSA) is 43.4 Å². The lowest BCUT2D eigenvalue weighted by atomic mass is 9.54. The highest BCUT2D eigenvalue weighted by atomic mass is 35.5. The molecule has 2 aromatic carbocycles. The number of rotatable bonds is 4. The van der Waals surface area contributed by atoms with Crippen molar-refractivity contribution in [1.82, 2.24) is 0 Å². The summed E-state index contributed by atoms with van der Waals surface area (Å²) in [6, 6.07) is 15.2. The molecule has 1 fully saturated rings. The molecule has 2 aliphatic rings. The van der Waals surface area contributed by atoms with Crippen molar-refractivity contribution >= 4 is 41.0 Å². The van der Waals surface area contributed by atoms with Crippen LogP contribution >= 0.6 is 23.2 Å². The van der Waals surface area contributed by atoms with Crippen LogP contribution in [0.15, 0.2) is 65.8 Å². The summed E-state index contributed by atoms with van der Waals surface area (Å²) in [4.78, 5) is 27.8. The first-order valence-corrected chi connectivity index (χ1v) is 13.0. The van der Waals surface area contributed by atoms with Gasteiger partial charge in [0.25, 0.3) is 0 Å². The first-order valence-electron chi connectivity index (χ1n) is 12.2. The van der Waals surface area contributed by atoms with Crippen LogP contribution in [0.2, 0.25) is 10.0 Å². The van der Waals surface area contributed by atoms with Gasteiger partial charge in [-0.1, -0.05) is 74.3 Å². The summed E-state index contributed by atoms with van der Waals surface area (Å²) in [6.45, 7) is 8.69. The Labute approximate surface area is 218 Å². The van der Waals surface area contributed by atoms with E-state index in [9.17, 15) is 9.59 Å². The minimum Gasteiger partial charge on any atom is -0.463 e. The Morgan fingerprint density at radius 2 is 1.66 bits per heavy atom. The van der Waals surface area contributed by atoms with Gasteiger partial charge >= 0.3 is 5.97 Å². The molecule has 0 radical (unpaired) electrons. The smallest absolute Gasteiger partial charge is 0.334 e. The van der Waals surface area contributed by atoms with Gasteiger partial charge in [0, 0.05) is 21.5 Å². The van der Waals surface area contributed by atoms with E-state index >= 15 is 0 Å². The standard InChI is InChI=1S/C30H32Cl2O3/c1-5-35-28(34)26-15-14-25(20-8-12-24(32)13-9-20)30(26)18-22(29(2,3)4)17-21(27(30)33)16-19-6-10-23(31)11-7-19/h6-13,15-16,22,25H,5,14,17-18H2,1-4H3/b21-16+/t22?,25-,30-/m1/s1. The Balaban J connectivity index is 1.90. The molecule has 4 rings (SSSR count). The van der Waals surface area contributed by atoms with Crippen LogP contribution in [0.5, 0.6) is 0 Å². The molecule has 0 amide bonds. The third kappa shape index (κ3) is 4.99. The number of Topliss-reactive ketones (excluding diaryl/α,β-unsaturated/α-hetero) is 1. The SMILES string of the molecule is CCOC(=O)C1=CC[C@H](c2ccc(Cl)cc2)[C@]12CC(C(C)(C)C)C/C(=C\c1ccc(Cl)cc1)C2=O. The Morgan fingerprint density at radius 1 is 1.06 bits per heavy atom. The van der Waals surface area contributed by atoms with Gasteiger partial charge < -0.3 is 4.74 Å². The van der Waals surface area contributed by atoms with Gasteiger partial charge in [-0.05, 0) is 84.6 Å². The fourth-order valence-electron chi connectivity index (χ4n) is 5.62. The fraction of sp³-hybridized carbons (Fsp3) is 0.400. The molecule has 1 unspecified atom stereocenters. The molecule has 0 N–H and O–H groups in total. The van der Waals surface area contributed by atoms with Crippen LogP contribution in [0.4, 0.5) is 0 Å². The normalized spacial score (nSPS) is 25.7. The summed E-state index contributed by atoms with van der Waals surface area (Å²) in [5, 5.41) is 1.29. The van der Waals surface area contributed by atoms with Gasteiger partial charge in [0.15, 0.2) is 5.78 Å². The number of hydrogen-bond acceptors (Lipinski definition) is 3. The molecule has 3 atom stereocenters. The molecule has 0 saturated heterocycles. The van der Waals surface area contributed by atoms with Gasteiger partial charge in [-0.3, -0.25) is 4.79 Å². The highest BCUT2D eigenvalue weighted by Gasteiger charge is 2.59. The van der Waals surface area contributed by atoms with Crippen LogP contribution in [-0.2, 0) is 14.3 Å². The third-order valence-corrected chi connectivity index (χ3v) is 8.07. The van der Waals surface area contributed by atoms with E-state index < -0.39 is 11.4 Å². The molecule has 1 spiro atoms. The van der Waals surface area contributed by atoms with Crippen LogP contribution in [0.3, 0.4) is 0 Å². The Hall–Kier alpha value is -2.36. The predicted octanol–water partition coefficient (Wildman–Crippen LogP) is 8.07. The van der Waals surface area contributed by atoms with Crippen LogP contribution in [0.1, 0.15) is 64.0 Å². The minimum absolute atomic E-state index is 0.0182. The molecule has 35 heavy (non-hydrogen) atoms. The van der Waals surface area contributed by atoms with Gasteiger partial charge in [-0.15, -0.1) is 0 Å². The Kier molecular flexibility index (Phi) is 7.31. The number of ether oxygens (including phenoxy) is 1. The van der Waals surface area contributed by atoms with E-state index in [0.717, 1.165) is 16.7 Å². The quantitative estimate of drug-likeness (QED) is 0.308. The van der Waals surface area contributed by atoms with Crippen molar-refractivity contribution in [2.75, 3.05) is 6.61 Å². The molecule has 3 nitrogen and oxygen atoms in total. The average Bonchev–Trinajstić information content (AvgIpc) is 3.18. The third-order valence-electron chi connectivity index (χ3n) is 7.57. The molecule has 0 aliphatic heterocycles. The molecule has 0 aromatic heterocycles. The van der Waals surface area contributed by atoms with Gasteiger partial charge in [0.1, 0.15) is 0 Å². The molecule has 2 aromatic rings. The second kappa shape index (κ2) is 9.95. The summed E-state index contributed by atoms with van der Waals surface area (Å²) in [7, 11) is 0. The summed E-state index contributed by atoms with van der Waals surface area (Å²) in [5.41, 5.74) is 2.15. The number of carbonyl (C=O) groups excluding carboxylic acids is 2. The maximum atomic E-state index is 14.5. The minimum atomic E-state index is -0.978. The number of allylic oxidation sites excluding steroid dienone is 2. The number of halogens is 2. The van der Waals surface area contributed by atoms with E-state index in [1.807, 2.05) is 60.7 Å². The number of esters is 1. The van der Waals surface area contributed by atoms with Crippen LogP contribution in [0, 0.1) is 16.7 Å². The van der Waals surface area contributed by atoms with Crippen molar-refractivity contribution in [2.24, 2.45) is 16.7 Å². The molecular weight excluding hydrogens is 479 g/mol.